The Morgan fingerprint density at radius 1 is 1.38 bits per heavy atom. The van der Waals surface area contributed by atoms with Gasteiger partial charge in [0.25, 0.3) is 0 Å². The van der Waals surface area contributed by atoms with Crippen LogP contribution in [0, 0.1) is 0 Å². The first kappa shape index (κ1) is 10.9. The van der Waals surface area contributed by atoms with Crippen LogP contribution in [0.3, 0.4) is 0 Å². The average molecular weight is 215 g/mol. The van der Waals surface area contributed by atoms with Gasteiger partial charge in [-0.25, -0.2) is 0 Å². The molecule has 1 atom stereocenters. The van der Waals surface area contributed by atoms with Gasteiger partial charge in [-0.15, -0.1) is 0 Å². The predicted octanol–water partition coefficient (Wildman–Crippen LogP) is 2.50. The quantitative estimate of drug-likeness (QED) is 0.854. The molecule has 0 aliphatic carbocycles. The first-order valence-corrected chi connectivity index (χ1v) is 5.56. The van der Waals surface area contributed by atoms with E-state index in [1.165, 1.54) is 11.1 Å². The predicted molar refractivity (Wildman–Crippen MR) is 65.9 cm³/mol. The van der Waals surface area contributed by atoms with Gasteiger partial charge in [0.2, 0.25) is 0 Å². The molecule has 1 heterocycles. The number of benzene rings is 1. The van der Waals surface area contributed by atoms with E-state index in [1.807, 2.05) is 30.1 Å². The van der Waals surface area contributed by atoms with Crippen LogP contribution in [0.4, 0.5) is 0 Å². The maximum Gasteiger partial charge on any atom is 0.0678 e. The molecule has 0 amide bonds. The third-order valence-corrected chi connectivity index (χ3v) is 2.87. The number of hydrogen-bond acceptors (Lipinski definition) is 2. The summed E-state index contributed by atoms with van der Waals surface area (Å²) in [6.07, 6.45) is 2.76. The molecule has 1 aromatic carbocycles. The minimum atomic E-state index is 0.119. The Bertz CT molecular complexity index is 474. The summed E-state index contributed by atoms with van der Waals surface area (Å²) in [5.74, 6) is 0. The van der Waals surface area contributed by atoms with Gasteiger partial charge in [0.1, 0.15) is 0 Å². The third kappa shape index (κ3) is 1.99. The Morgan fingerprint density at radius 2 is 2.19 bits per heavy atom. The lowest BCUT2D eigenvalue weighted by Crippen LogP contribution is -2.08. The second kappa shape index (κ2) is 4.49. The molecular formula is C13H17N3. The fourth-order valence-corrected chi connectivity index (χ4v) is 1.82. The van der Waals surface area contributed by atoms with Crippen LogP contribution < -0.4 is 5.73 Å². The van der Waals surface area contributed by atoms with E-state index in [4.69, 9.17) is 5.73 Å². The number of hydrogen-bond donors (Lipinski definition) is 1. The zero-order valence-corrected chi connectivity index (χ0v) is 9.72. The van der Waals surface area contributed by atoms with Crippen LogP contribution in [0.5, 0.6) is 0 Å². The molecule has 3 nitrogen and oxygen atoms in total. The highest BCUT2D eigenvalue weighted by atomic mass is 15.2. The molecule has 16 heavy (non-hydrogen) atoms. The third-order valence-electron chi connectivity index (χ3n) is 2.87. The van der Waals surface area contributed by atoms with Gasteiger partial charge in [0.05, 0.1) is 5.69 Å². The van der Waals surface area contributed by atoms with Crippen LogP contribution in [0.2, 0.25) is 0 Å². The molecule has 0 spiro atoms. The SMILES string of the molecule is CCC(N)c1cccc(-c2ccnn2C)c1. The Morgan fingerprint density at radius 3 is 2.81 bits per heavy atom. The lowest BCUT2D eigenvalue weighted by molar-refractivity contribution is 0.698. The zero-order chi connectivity index (χ0) is 11.5. The second-order valence-electron chi connectivity index (χ2n) is 3.98. The van der Waals surface area contributed by atoms with Crippen molar-refractivity contribution in [1.29, 1.82) is 0 Å². The van der Waals surface area contributed by atoms with Crippen LogP contribution in [0.1, 0.15) is 24.9 Å². The van der Waals surface area contributed by atoms with Crippen LogP contribution in [-0.4, -0.2) is 9.78 Å². The zero-order valence-electron chi connectivity index (χ0n) is 9.72. The average Bonchev–Trinajstić information content (AvgIpc) is 2.74. The summed E-state index contributed by atoms with van der Waals surface area (Å²) in [6, 6.07) is 10.5. The summed E-state index contributed by atoms with van der Waals surface area (Å²) < 4.78 is 1.87. The van der Waals surface area contributed by atoms with Crippen LogP contribution in [0.15, 0.2) is 36.5 Å². The normalized spacial score (nSPS) is 12.7. The van der Waals surface area contributed by atoms with E-state index in [0.29, 0.717) is 0 Å². The molecule has 0 saturated carbocycles. The number of nitrogens with two attached hydrogens (primary N) is 1. The van der Waals surface area contributed by atoms with Crippen molar-refractivity contribution < 1.29 is 0 Å². The fourth-order valence-electron chi connectivity index (χ4n) is 1.82. The second-order valence-corrected chi connectivity index (χ2v) is 3.98. The number of aromatic nitrogens is 2. The van der Waals surface area contributed by atoms with E-state index < -0.39 is 0 Å². The monoisotopic (exact) mass is 215 g/mol. The summed E-state index contributed by atoms with van der Waals surface area (Å²) in [5.41, 5.74) is 9.50. The minimum Gasteiger partial charge on any atom is -0.324 e. The van der Waals surface area contributed by atoms with Gasteiger partial charge in [0.15, 0.2) is 0 Å². The van der Waals surface area contributed by atoms with Crippen LogP contribution in [0.25, 0.3) is 11.3 Å². The van der Waals surface area contributed by atoms with Gasteiger partial charge in [-0.2, -0.15) is 5.10 Å². The van der Waals surface area contributed by atoms with Crippen molar-refractivity contribution in [3.05, 3.63) is 42.1 Å². The van der Waals surface area contributed by atoms with Crippen molar-refractivity contribution in [3.8, 4) is 11.3 Å². The molecule has 0 fully saturated rings. The molecule has 2 aromatic rings. The van der Waals surface area contributed by atoms with Crippen LogP contribution in [-0.2, 0) is 7.05 Å². The molecule has 0 saturated heterocycles. The van der Waals surface area contributed by atoms with Gasteiger partial charge >= 0.3 is 0 Å². The fraction of sp³-hybridized carbons (Fsp3) is 0.308. The van der Waals surface area contributed by atoms with Crippen molar-refractivity contribution in [2.24, 2.45) is 12.8 Å². The summed E-state index contributed by atoms with van der Waals surface area (Å²) in [6.45, 7) is 2.10. The highest BCUT2D eigenvalue weighted by Gasteiger charge is 2.06. The number of rotatable bonds is 3. The van der Waals surface area contributed by atoms with E-state index >= 15 is 0 Å². The Labute approximate surface area is 95.9 Å². The Hall–Kier alpha value is -1.61. The topological polar surface area (TPSA) is 43.8 Å². The molecular weight excluding hydrogens is 198 g/mol. The summed E-state index contributed by atoms with van der Waals surface area (Å²) >= 11 is 0. The smallest absolute Gasteiger partial charge is 0.0678 e. The van der Waals surface area contributed by atoms with Gasteiger partial charge in [0, 0.05) is 24.8 Å². The van der Waals surface area contributed by atoms with Crippen LogP contribution >= 0.6 is 0 Å². The van der Waals surface area contributed by atoms with Gasteiger partial charge in [-0.1, -0.05) is 25.1 Å². The van der Waals surface area contributed by atoms with Crippen molar-refractivity contribution in [1.82, 2.24) is 9.78 Å². The van der Waals surface area contributed by atoms with Gasteiger partial charge in [-0.3, -0.25) is 4.68 Å². The Kier molecular flexibility index (Phi) is 3.06. The molecule has 2 N–H and O–H groups in total. The molecule has 1 aromatic heterocycles. The van der Waals surface area contributed by atoms with Crippen molar-refractivity contribution >= 4 is 0 Å². The number of nitrogens with zero attached hydrogens (tertiary/aromatic N) is 2. The van der Waals surface area contributed by atoms with Crippen molar-refractivity contribution in [3.63, 3.8) is 0 Å². The number of aryl methyl sites for hydroxylation is 1. The molecule has 0 aliphatic heterocycles. The standard InChI is InChI=1S/C13H17N3/c1-3-12(14)10-5-4-6-11(9-10)13-7-8-15-16(13)2/h4-9,12H,3,14H2,1-2H3. The maximum atomic E-state index is 6.03. The van der Waals surface area contributed by atoms with E-state index in [9.17, 15) is 0 Å². The van der Waals surface area contributed by atoms with E-state index in [1.54, 1.807) is 0 Å². The highest BCUT2D eigenvalue weighted by molar-refractivity contribution is 5.60. The van der Waals surface area contributed by atoms with Crippen molar-refractivity contribution in [2.45, 2.75) is 19.4 Å². The molecule has 1 unspecified atom stereocenters. The largest absolute Gasteiger partial charge is 0.324 e. The van der Waals surface area contributed by atoms with Crippen molar-refractivity contribution in [2.75, 3.05) is 0 Å². The van der Waals surface area contributed by atoms with Gasteiger partial charge in [-0.05, 0) is 24.1 Å². The molecule has 2 rings (SSSR count). The van der Waals surface area contributed by atoms with Gasteiger partial charge < -0.3 is 5.73 Å². The molecule has 0 radical (unpaired) electrons. The lowest BCUT2D eigenvalue weighted by Gasteiger charge is -2.11. The van der Waals surface area contributed by atoms with E-state index in [0.717, 1.165) is 12.1 Å². The summed E-state index contributed by atoms with van der Waals surface area (Å²) in [5, 5.41) is 4.17. The molecule has 0 bridgehead atoms. The first-order valence-electron chi connectivity index (χ1n) is 5.56. The molecule has 84 valence electrons. The minimum absolute atomic E-state index is 0.119. The van der Waals surface area contributed by atoms with E-state index in [2.05, 4.69) is 30.2 Å². The lowest BCUT2D eigenvalue weighted by atomic mass is 10.0. The highest BCUT2D eigenvalue weighted by Crippen LogP contribution is 2.22. The first-order chi connectivity index (χ1) is 7.72. The summed E-state index contributed by atoms with van der Waals surface area (Å²) in [7, 11) is 1.95. The molecule has 0 aliphatic rings. The summed E-state index contributed by atoms with van der Waals surface area (Å²) in [4.78, 5) is 0. The maximum absolute atomic E-state index is 6.03. The van der Waals surface area contributed by atoms with E-state index in [-0.39, 0.29) is 6.04 Å². The molecule has 3 heteroatoms. The Balaban J connectivity index is 2.40.